The molecule has 3 rings (SSSR count). The summed E-state index contributed by atoms with van der Waals surface area (Å²) in [4.78, 5) is 4.35. The van der Waals surface area contributed by atoms with E-state index in [0.717, 1.165) is 16.8 Å². The van der Waals surface area contributed by atoms with Crippen molar-refractivity contribution in [2.45, 2.75) is 6.92 Å². The molecule has 2 aromatic rings. The SMILES string of the molecule is C=Cc1nc(Cl)cc2c1/C(=C\C)c1ccccc1-2. The molecule has 0 fully saturated rings. The van der Waals surface area contributed by atoms with E-state index in [0.29, 0.717) is 5.15 Å². The van der Waals surface area contributed by atoms with E-state index in [-0.39, 0.29) is 0 Å². The summed E-state index contributed by atoms with van der Waals surface area (Å²) in [5.74, 6) is 0. The molecule has 0 saturated carbocycles. The summed E-state index contributed by atoms with van der Waals surface area (Å²) in [5, 5.41) is 0.510. The molecule has 1 aromatic carbocycles. The maximum absolute atomic E-state index is 6.09. The first kappa shape index (κ1) is 11.2. The van der Waals surface area contributed by atoms with Crippen molar-refractivity contribution in [3.8, 4) is 11.1 Å². The highest BCUT2D eigenvalue weighted by Crippen LogP contribution is 2.46. The predicted molar refractivity (Wildman–Crippen MR) is 77.5 cm³/mol. The number of hydrogen-bond donors (Lipinski definition) is 0. The van der Waals surface area contributed by atoms with Crippen LogP contribution < -0.4 is 0 Å². The number of allylic oxidation sites excluding steroid dienone is 1. The van der Waals surface area contributed by atoms with Gasteiger partial charge in [-0.15, -0.1) is 0 Å². The lowest BCUT2D eigenvalue weighted by Gasteiger charge is -2.06. The molecule has 0 bridgehead atoms. The molecule has 18 heavy (non-hydrogen) atoms. The molecule has 0 aliphatic heterocycles. The molecule has 2 heteroatoms. The van der Waals surface area contributed by atoms with Gasteiger partial charge < -0.3 is 0 Å². The van der Waals surface area contributed by atoms with E-state index in [1.54, 1.807) is 6.08 Å². The molecule has 1 heterocycles. The van der Waals surface area contributed by atoms with Gasteiger partial charge >= 0.3 is 0 Å². The Morgan fingerprint density at radius 2 is 1.89 bits per heavy atom. The fourth-order valence-electron chi connectivity index (χ4n) is 2.56. The van der Waals surface area contributed by atoms with Gasteiger partial charge in [0.25, 0.3) is 0 Å². The zero-order chi connectivity index (χ0) is 12.7. The van der Waals surface area contributed by atoms with E-state index < -0.39 is 0 Å². The third-order valence-corrected chi connectivity index (χ3v) is 3.47. The van der Waals surface area contributed by atoms with Gasteiger partial charge in [-0.3, -0.25) is 0 Å². The molecule has 0 radical (unpaired) electrons. The lowest BCUT2D eigenvalue weighted by Crippen LogP contribution is -1.91. The first-order valence-electron chi connectivity index (χ1n) is 5.85. The van der Waals surface area contributed by atoms with E-state index in [4.69, 9.17) is 11.6 Å². The molecule has 0 unspecified atom stereocenters. The summed E-state index contributed by atoms with van der Waals surface area (Å²) in [7, 11) is 0. The Labute approximate surface area is 111 Å². The van der Waals surface area contributed by atoms with Crippen molar-refractivity contribution in [3.05, 3.63) is 65.0 Å². The standard InChI is InChI=1S/C16H12ClN/c1-3-10-11-7-5-6-8-12(11)13-9-15(17)18-14(4-2)16(10)13/h3-9H,2H2,1H3/b10-3-. The first-order chi connectivity index (χ1) is 8.76. The Kier molecular flexibility index (Phi) is 2.57. The van der Waals surface area contributed by atoms with Gasteiger partial charge in [0.15, 0.2) is 0 Å². The van der Waals surface area contributed by atoms with Crippen LogP contribution in [0.2, 0.25) is 5.15 Å². The topological polar surface area (TPSA) is 12.9 Å². The van der Waals surface area contributed by atoms with Gasteiger partial charge in [-0.1, -0.05) is 48.5 Å². The number of hydrogen-bond acceptors (Lipinski definition) is 1. The lowest BCUT2D eigenvalue weighted by atomic mass is 10.0. The van der Waals surface area contributed by atoms with Gasteiger partial charge in [-0.25, -0.2) is 4.98 Å². The van der Waals surface area contributed by atoms with Crippen LogP contribution in [-0.4, -0.2) is 4.98 Å². The van der Waals surface area contributed by atoms with Crippen molar-refractivity contribution in [2.75, 3.05) is 0 Å². The maximum Gasteiger partial charge on any atom is 0.130 e. The number of benzene rings is 1. The Bertz CT molecular complexity index is 683. The van der Waals surface area contributed by atoms with Crippen LogP contribution in [-0.2, 0) is 0 Å². The molecule has 0 atom stereocenters. The Hall–Kier alpha value is -1.86. The van der Waals surface area contributed by atoms with E-state index in [9.17, 15) is 0 Å². The van der Waals surface area contributed by atoms with Crippen molar-refractivity contribution in [2.24, 2.45) is 0 Å². The van der Waals surface area contributed by atoms with Crippen LogP contribution in [0.5, 0.6) is 0 Å². The van der Waals surface area contributed by atoms with Crippen LogP contribution >= 0.6 is 11.6 Å². The van der Waals surface area contributed by atoms with Crippen LogP contribution in [0.1, 0.15) is 23.7 Å². The van der Waals surface area contributed by atoms with Gasteiger partial charge in [-0.2, -0.15) is 0 Å². The van der Waals surface area contributed by atoms with Gasteiger partial charge in [0.05, 0.1) is 5.69 Å². The first-order valence-corrected chi connectivity index (χ1v) is 6.23. The fraction of sp³-hybridized carbons (Fsp3) is 0.0625. The Morgan fingerprint density at radius 3 is 2.56 bits per heavy atom. The highest BCUT2D eigenvalue weighted by molar-refractivity contribution is 6.30. The van der Waals surface area contributed by atoms with Crippen molar-refractivity contribution >= 4 is 23.3 Å². The average Bonchev–Trinajstić information content (AvgIpc) is 2.72. The summed E-state index contributed by atoms with van der Waals surface area (Å²) in [6, 6.07) is 10.3. The van der Waals surface area contributed by atoms with Crippen molar-refractivity contribution in [3.63, 3.8) is 0 Å². The minimum atomic E-state index is 0.510. The molecule has 1 aromatic heterocycles. The number of nitrogens with zero attached hydrogens (tertiary/aromatic N) is 1. The van der Waals surface area contributed by atoms with E-state index >= 15 is 0 Å². The second-order valence-corrected chi connectivity index (χ2v) is 4.59. The van der Waals surface area contributed by atoms with E-state index in [1.807, 2.05) is 19.1 Å². The highest BCUT2D eigenvalue weighted by atomic mass is 35.5. The van der Waals surface area contributed by atoms with Crippen molar-refractivity contribution in [1.29, 1.82) is 0 Å². The average molecular weight is 254 g/mol. The number of fused-ring (bicyclic) bond motifs is 3. The quantitative estimate of drug-likeness (QED) is 0.567. The molecular formula is C16H12ClN. The molecule has 88 valence electrons. The molecule has 0 N–H and O–H groups in total. The zero-order valence-electron chi connectivity index (χ0n) is 10.1. The lowest BCUT2D eigenvalue weighted by molar-refractivity contribution is 1.29. The third-order valence-electron chi connectivity index (χ3n) is 3.27. The van der Waals surface area contributed by atoms with Gasteiger partial charge in [0.1, 0.15) is 5.15 Å². The molecule has 1 aliphatic carbocycles. The van der Waals surface area contributed by atoms with Crippen molar-refractivity contribution < 1.29 is 0 Å². The zero-order valence-corrected chi connectivity index (χ0v) is 10.8. The minimum absolute atomic E-state index is 0.510. The molecule has 1 aliphatic rings. The third kappa shape index (κ3) is 1.44. The van der Waals surface area contributed by atoms with Crippen LogP contribution in [0.4, 0.5) is 0 Å². The number of pyridine rings is 1. The molecule has 0 spiro atoms. The molecule has 0 amide bonds. The van der Waals surface area contributed by atoms with Crippen LogP contribution in [0, 0.1) is 0 Å². The second-order valence-electron chi connectivity index (χ2n) is 4.20. The largest absolute Gasteiger partial charge is 0.236 e. The Balaban J connectivity index is 2.45. The number of aromatic nitrogens is 1. The van der Waals surface area contributed by atoms with Gasteiger partial charge in [-0.05, 0) is 41.3 Å². The van der Waals surface area contributed by atoms with E-state index in [2.05, 4.69) is 35.8 Å². The van der Waals surface area contributed by atoms with Crippen LogP contribution in [0.25, 0.3) is 22.8 Å². The monoisotopic (exact) mass is 253 g/mol. The second kappa shape index (κ2) is 4.11. The van der Waals surface area contributed by atoms with Gasteiger partial charge in [0, 0.05) is 5.56 Å². The molecular weight excluding hydrogens is 242 g/mol. The Morgan fingerprint density at radius 1 is 1.17 bits per heavy atom. The molecule has 0 saturated heterocycles. The van der Waals surface area contributed by atoms with Crippen LogP contribution in [0.3, 0.4) is 0 Å². The van der Waals surface area contributed by atoms with Crippen molar-refractivity contribution in [1.82, 2.24) is 4.98 Å². The van der Waals surface area contributed by atoms with Crippen LogP contribution in [0.15, 0.2) is 43.0 Å². The minimum Gasteiger partial charge on any atom is -0.236 e. The summed E-state index contributed by atoms with van der Waals surface area (Å²) >= 11 is 6.09. The summed E-state index contributed by atoms with van der Waals surface area (Å²) < 4.78 is 0. The number of halogens is 1. The predicted octanol–water partition coefficient (Wildman–Crippen LogP) is 4.81. The summed E-state index contributed by atoms with van der Waals surface area (Å²) in [6.07, 6.45) is 3.88. The maximum atomic E-state index is 6.09. The summed E-state index contributed by atoms with van der Waals surface area (Å²) in [6.45, 7) is 5.88. The van der Waals surface area contributed by atoms with E-state index in [1.165, 1.54) is 16.7 Å². The fourth-order valence-corrected chi connectivity index (χ4v) is 2.76. The normalized spacial score (nSPS) is 14.4. The van der Waals surface area contributed by atoms with Gasteiger partial charge in [0.2, 0.25) is 0 Å². The smallest absolute Gasteiger partial charge is 0.130 e. The highest BCUT2D eigenvalue weighted by Gasteiger charge is 2.25. The molecule has 1 nitrogen and oxygen atoms in total. The number of rotatable bonds is 1. The summed E-state index contributed by atoms with van der Waals surface area (Å²) in [5.41, 5.74) is 6.79.